The fourth-order valence-electron chi connectivity index (χ4n) is 1.70. The van der Waals surface area contributed by atoms with Crippen LogP contribution in [0.25, 0.3) is 0 Å². The molecule has 0 spiro atoms. The molecule has 2 N–H and O–H groups in total. The summed E-state index contributed by atoms with van der Waals surface area (Å²) in [6.45, 7) is 8.05. The van der Waals surface area contributed by atoms with Crippen molar-refractivity contribution < 1.29 is 19.1 Å². The van der Waals surface area contributed by atoms with Crippen LogP contribution < -0.4 is 10.6 Å². The van der Waals surface area contributed by atoms with Crippen LogP contribution in [0.3, 0.4) is 0 Å². The normalized spacial score (nSPS) is 11.0. The van der Waals surface area contributed by atoms with Crippen LogP contribution in [-0.2, 0) is 25.5 Å². The summed E-state index contributed by atoms with van der Waals surface area (Å²) in [5.41, 5.74) is 0.143. The van der Waals surface area contributed by atoms with E-state index >= 15 is 0 Å². The summed E-state index contributed by atoms with van der Waals surface area (Å²) in [5.74, 6) is -0.543. The Labute approximate surface area is 146 Å². The van der Waals surface area contributed by atoms with Gasteiger partial charge in [-0.3, -0.25) is 14.4 Å². The van der Waals surface area contributed by atoms with Crippen LogP contribution in [0.15, 0.2) is 5.38 Å². The van der Waals surface area contributed by atoms with Crippen LogP contribution in [0.1, 0.15) is 46.2 Å². The highest BCUT2D eigenvalue weighted by atomic mass is 32.1. The Morgan fingerprint density at radius 1 is 1.29 bits per heavy atom. The first-order valence-corrected chi connectivity index (χ1v) is 8.78. The van der Waals surface area contributed by atoms with Gasteiger partial charge in [0.2, 0.25) is 11.8 Å². The highest BCUT2D eigenvalue weighted by molar-refractivity contribution is 7.13. The molecule has 0 aliphatic heterocycles. The summed E-state index contributed by atoms with van der Waals surface area (Å²) >= 11 is 1.26. The van der Waals surface area contributed by atoms with Gasteiger partial charge in [-0.05, 0) is 13.3 Å². The number of hydrogen-bond acceptors (Lipinski definition) is 6. The molecule has 8 heteroatoms. The Kier molecular flexibility index (Phi) is 7.84. The van der Waals surface area contributed by atoms with E-state index in [1.807, 2.05) is 20.8 Å². The molecule has 0 aromatic carbocycles. The molecule has 0 radical (unpaired) electrons. The minimum atomic E-state index is -0.432. The number of rotatable bonds is 8. The van der Waals surface area contributed by atoms with Crippen LogP contribution in [0.2, 0.25) is 0 Å². The van der Waals surface area contributed by atoms with Gasteiger partial charge in [-0.2, -0.15) is 0 Å². The van der Waals surface area contributed by atoms with E-state index in [4.69, 9.17) is 4.74 Å². The number of carbonyl (C=O) groups excluding carboxylic acids is 3. The molecule has 1 aromatic rings. The number of amides is 2. The van der Waals surface area contributed by atoms with E-state index in [-0.39, 0.29) is 30.6 Å². The summed E-state index contributed by atoms with van der Waals surface area (Å²) in [7, 11) is 0. The van der Waals surface area contributed by atoms with Gasteiger partial charge >= 0.3 is 5.97 Å². The Morgan fingerprint density at radius 3 is 2.62 bits per heavy atom. The summed E-state index contributed by atoms with van der Waals surface area (Å²) in [5, 5.41) is 7.66. The molecular formula is C16H25N3O4S. The van der Waals surface area contributed by atoms with Gasteiger partial charge in [-0.15, -0.1) is 11.3 Å². The first kappa shape index (κ1) is 20.1. The maximum Gasteiger partial charge on any atom is 0.311 e. The minimum absolute atomic E-state index is 0.0357. The number of anilines is 1. The van der Waals surface area contributed by atoms with E-state index in [0.717, 1.165) is 0 Å². The van der Waals surface area contributed by atoms with E-state index in [2.05, 4.69) is 15.6 Å². The first-order valence-electron chi connectivity index (χ1n) is 7.90. The molecule has 0 unspecified atom stereocenters. The lowest BCUT2D eigenvalue weighted by molar-refractivity contribution is -0.142. The van der Waals surface area contributed by atoms with Crippen molar-refractivity contribution in [3.05, 3.63) is 11.1 Å². The molecule has 24 heavy (non-hydrogen) atoms. The van der Waals surface area contributed by atoms with Crippen LogP contribution >= 0.6 is 11.3 Å². The third-order valence-electron chi connectivity index (χ3n) is 2.98. The minimum Gasteiger partial charge on any atom is -0.466 e. The van der Waals surface area contributed by atoms with E-state index in [1.165, 1.54) is 11.3 Å². The van der Waals surface area contributed by atoms with E-state index < -0.39 is 5.41 Å². The van der Waals surface area contributed by atoms with Crippen molar-refractivity contribution in [3.63, 3.8) is 0 Å². The van der Waals surface area contributed by atoms with E-state index in [1.54, 1.807) is 12.3 Å². The number of esters is 1. The monoisotopic (exact) mass is 355 g/mol. The largest absolute Gasteiger partial charge is 0.466 e. The molecule has 0 fully saturated rings. The molecule has 0 bridgehead atoms. The Hall–Kier alpha value is -1.96. The average molecular weight is 355 g/mol. The number of hydrogen-bond donors (Lipinski definition) is 2. The first-order chi connectivity index (χ1) is 11.2. The molecule has 0 atom stereocenters. The van der Waals surface area contributed by atoms with Gasteiger partial charge in [0.15, 0.2) is 5.13 Å². The lowest BCUT2D eigenvalue weighted by atomic mass is 9.96. The number of aromatic nitrogens is 1. The second-order valence-corrected chi connectivity index (χ2v) is 7.14. The maximum atomic E-state index is 11.8. The van der Waals surface area contributed by atoms with Crippen molar-refractivity contribution in [2.75, 3.05) is 18.5 Å². The standard InChI is InChI=1S/C16H25N3O4S/c1-5-23-13(21)9-11-10-24-15(18-11)19-12(20)7-6-8-17-14(22)16(2,3)4/h10H,5-9H2,1-4H3,(H,17,22)(H,18,19,20). The predicted molar refractivity (Wildman–Crippen MR) is 92.8 cm³/mol. The summed E-state index contributed by atoms with van der Waals surface area (Å²) < 4.78 is 4.85. The molecule has 0 aliphatic rings. The molecule has 1 aromatic heterocycles. The van der Waals surface area contributed by atoms with Gasteiger partial charge in [0, 0.05) is 23.8 Å². The van der Waals surface area contributed by atoms with Crippen molar-refractivity contribution in [2.45, 2.75) is 47.0 Å². The highest BCUT2D eigenvalue weighted by Crippen LogP contribution is 2.16. The van der Waals surface area contributed by atoms with E-state index in [9.17, 15) is 14.4 Å². The maximum absolute atomic E-state index is 11.8. The van der Waals surface area contributed by atoms with Gasteiger partial charge in [0.1, 0.15) is 0 Å². The average Bonchev–Trinajstić information content (AvgIpc) is 2.89. The molecule has 0 saturated carbocycles. The number of nitrogens with zero attached hydrogens (tertiary/aromatic N) is 1. The number of ether oxygens (including phenoxy) is 1. The molecule has 7 nitrogen and oxygen atoms in total. The predicted octanol–water partition coefficient (Wildman–Crippen LogP) is 2.13. The van der Waals surface area contributed by atoms with Gasteiger partial charge in [-0.25, -0.2) is 4.98 Å². The Balaban J connectivity index is 2.29. The Morgan fingerprint density at radius 2 is 2.00 bits per heavy atom. The third kappa shape index (κ3) is 7.54. The van der Waals surface area contributed by atoms with Crippen LogP contribution in [0.5, 0.6) is 0 Å². The summed E-state index contributed by atoms with van der Waals surface area (Å²) in [6, 6.07) is 0. The fraction of sp³-hybridized carbons (Fsp3) is 0.625. The lowest BCUT2D eigenvalue weighted by Crippen LogP contribution is -2.35. The summed E-state index contributed by atoms with van der Waals surface area (Å²) in [6.07, 6.45) is 0.935. The zero-order chi connectivity index (χ0) is 18.2. The smallest absolute Gasteiger partial charge is 0.311 e. The molecule has 1 heterocycles. The molecule has 0 aliphatic carbocycles. The van der Waals surface area contributed by atoms with Crippen molar-refractivity contribution in [2.24, 2.45) is 5.41 Å². The van der Waals surface area contributed by atoms with E-state index in [0.29, 0.717) is 30.4 Å². The second kappa shape index (κ2) is 9.36. The van der Waals surface area contributed by atoms with Gasteiger partial charge in [0.05, 0.1) is 18.7 Å². The Bertz CT molecular complexity index is 578. The van der Waals surface area contributed by atoms with Crippen LogP contribution in [0.4, 0.5) is 5.13 Å². The SMILES string of the molecule is CCOC(=O)Cc1csc(NC(=O)CCCNC(=O)C(C)(C)C)n1. The topological polar surface area (TPSA) is 97.4 Å². The number of nitrogens with one attached hydrogen (secondary N) is 2. The van der Waals surface area contributed by atoms with Gasteiger partial charge < -0.3 is 15.4 Å². The highest BCUT2D eigenvalue weighted by Gasteiger charge is 2.20. The van der Waals surface area contributed by atoms with Crippen LogP contribution in [-0.4, -0.2) is 35.9 Å². The fourth-order valence-corrected chi connectivity index (χ4v) is 2.43. The molecular weight excluding hydrogens is 330 g/mol. The van der Waals surface area contributed by atoms with Gasteiger partial charge in [-0.1, -0.05) is 20.8 Å². The lowest BCUT2D eigenvalue weighted by Gasteiger charge is -2.17. The molecule has 2 amide bonds. The summed E-state index contributed by atoms with van der Waals surface area (Å²) in [4.78, 5) is 39.1. The van der Waals surface area contributed by atoms with Crippen LogP contribution in [0, 0.1) is 5.41 Å². The molecule has 1 rings (SSSR count). The molecule has 0 saturated heterocycles. The second-order valence-electron chi connectivity index (χ2n) is 6.28. The molecule has 134 valence electrons. The zero-order valence-electron chi connectivity index (χ0n) is 14.6. The zero-order valence-corrected chi connectivity index (χ0v) is 15.4. The number of thiazole rings is 1. The van der Waals surface area contributed by atoms with Crippen molar-refractivity contribution >= 4 is 34.3 Å². The van der Waals surface area contributed by atoms with Crippen molar-refractivity contribution in [1.82, 2.24) is 10.3 Å². The third-order valence-corrected chi connectivity index (χ3v) is 3.78. The van der Waals surface area contributed by atoms with Crippen molar-refractivity contribution in [3.8, 4) is 0 Å². The van der Waals surface area contributed by atoms with Gasteiger partial charge in [0.25, 0.3) is 0 Å². The number of carbonyl (C=O) groups is 3. The van der Waals surface area contributed by atoms with Crippen molar-refractivity contribution in [1.29, 1.82) is 0 Å². The quantitative estimate of drug-likeness (QED) is 0.550.